The number of fused-ring (bicyclic) bond motifs is 1. The van der Waals surface area contributed by atoms with Crippen LogP contribution in [0, 0.1) is 6.92 Å². The Labute approximate surface area is 86.2 Å². The SMILES string of the molecule is Cc1nc(C(C)C)n2c(=O)[nH]c(N)nc12. The average Bonchev–Trinajstić information content (AvgIpc) is 2.44. The molecule has 0 aromatic carbocycles. The molecule has 0 aliphatic rings. The number of rotatable bonds is 1. The number of nitrogens with two attached hydrogens (primary N) is 1. The van der Waals surface area contributed by atoms with E-state index in [1.165, 1.54) is 4.40 Å². The van der Waals surface area contributed by atoms with Gasteiger partial charge in [-0.2, -0.15) is 4.98 Å². The molecule has 6 nitrogen and oxygen atoms in total. The van der Waals surface area contributed by atoms with Crippen molar-refractivity contribution in [3.63, 3.8) is 0 Å². The van der Waals surface area contributed by atoms with E-state index in [-0.39, 0.29) is 17.6 Å². The summed E-state index contributed by atoms with van der Waals surface area (Å²) in [5.41, 5.74) is 6.43. The second-order valence-corrected chi connectivity index (χ2v) is 3.80. The number of hydrogen-bond acceptors (Lipinski definition) is 4. The lowest BCUT2D eigenvalue weighted by molar-refractivity contribution is 0.747. The van der Waals surface area contributed by atoms with E-state index in [1.807, 2.05) is 20.8 Å². The van der Waals surface area contributed by atoms with Gasteiger partial charge >= 0.3 is 5.69 Å². The molecule has 0 aliphatic heterocycles. The van der Waals surface area contributed by atoms with Crippen molar-refractivity contribution < 1.29 is 0 Å². The van der Waals surface area contributed by atoms with Gasteiger partial charge in [0.1, 0.15) is 5.82 Å². The number of imidazole rings is 1. The Morgan fingerprint density at radius 1 is 1.40 bits per heavy atom. The number of nitrogens with zero attached hydrogens (tertiary/aromatic N) is 3. The van der Waals surface area contributed by atoms with E-state index in [2.05, 4.69) is 15.0 Å². The first-order valence-electron chi connectivity index (χ1n) is 4.75. The molecule has 80 valence electrons. The van der Waals surface area contributed by atoms with Crippen LogP contribution in [0.2, 0.25) is 0 Å². The maximum atomic E-state index is 11.7. The zero-order valence-electron chi connectivity index (χ0n) is 8.90. The molecule has 0 fully saturated rings. The normalized spacial score (nSPS) is 11.5. The van der Waals surface area contributed by atoms with Gasteiger partial charge in [-0.1, -0.05) is 13.8 Å². The standard InChI is InChI=1S/C9H13N5O/c1-4(2)6-11-5(3)7-12-8(10)13-9(15)14(6)7/h4H,1-3H3,(H3,10,12,13,15). The van der Waals surface area contributed by atoms with Crippen LogP contribution in [0.5, 0.6) is 0 Å². The molecule has 3 N–H and O–H groups in total. The summed E-state index contributed by atoms with van der Waals surface area (Å²) in [5, 5.41) is 0. The summed E-state index contributed by atoms with van der Waals surface area (Å²) in [7, 11) is 0. The van der Waals surface area contributed by atoms with Crippen molar-refractivity contribution in [2.75, 3.05) is 5.73 Å². The van der Waals surface area contributed by atoms with Gasteiger partial charge in [0.05, 0.1) is 5.69 Å². The second kappa shape index (κ2) is 3.08. The summed E-state index contributed by atoms with van der Waals surface area (Å²) in [6.45, 7) is 5.76. The topological polar surface area (TPSA) is 89.1 Å². The van der Waals surface area contributed by atoms with Crippen LogP contribution in [-0.2, 0) is 0 Å². The molecular formula is C9H13N5O. The van der Waals surface area contributed by atoms with E-state index in [4.69, 9.17) is 5.73 Å². The van der Waals surface area contributed by atoms with E-state index in [9.17, 15) is 4.79 Å². The third-order valence-electron chi connectivity index (χ3n) is 2.23. The van der Waals surface area contributed by atoms with Gasteiger partial charge in [-0.3, -0.25) is 4.98 Å². The second-order valence-electron chi connectivity index (χ2n) is 3.80. The number of aryl methyl sites for hydroxylation is 1. The van der Waals surface area contributed by atoms with E-state index in [0.717, 1.165) is 5.69 Å². The summed E-state index contributed by atoms with van der Waals surface area (Å²) < 4.78 is 1.47. The summed E-state index contributed by atoms with van der Waals surface area (Å²) in [6, 6.07) is 0. The minimum atomic E-state index is -0.290. The van der Waals surface area contributed by atoms with E-state index in [1.54, 1.807) is 0 Å². The van der Waals surface area contributed by atoms with Gasteiger partial charge in [0.15, 0.2) is 5.65 Å². The van der Waals surface area contributed by atoms with Crippen molar-refractivity contribution in [1.82, 2.24) is 19.4 Å². The molecule has 0 spiro atoms. The molecule has 0 saturated heterocycles. The number of nitrogens with one attached hydrogen (secondary N) is 1. The first-order chi connectivity index (χ1) is 7.00. The summed E-state index contributed by atoms with van der Waals surface area (Å²) in [4.78, 5) is 22.5. The fourth-order valence-electron chi connectivity index (χ4n) is 1.57. The molecule has 15 heavy (non-hydrogen) atoms. The quantitative estimate of drug-likeness (QED) is 0.709. The largest absolute Gasteiger partial charge is 0.369 e. The van der Waals surface area contributed by atoms with Gasteiger partial charge < -0.3 is 5.73 Å². The molecule has 0 aliphatic carbocycles. The number of H-pyrrole nitrogens is 1. The fraction of sp³-hybridized carbons (Fsp3) is 0.444. The molecule has 0 unspecified atom stereocenters. The maximum absolute atomic E-state index is 11.7. The highest BCUT2D eigenvalue weighted by Gasteiger charge is 2.14. The molecule has 2 aromatic heterocycles. The fourth-order valence-corrected chi connectivity index (χ4v) is 1.57. The Morgan fingerprint density at radius 2 is 2.07 bits per heavy atom. The van der Waals surface area contributed by atoms with E-state index < -0.39 is 0 Å². The number of aromatic nitrogens is 4. The van der Waals surface area contributed by atoms with Crippen LogP contribution in [0.3, 0.4) is 0 Å². The van der Waals surface area contributed by atoms with Gasteiger partial charge in [0.2, 0.25) is 5.95 Å². The van der Waals surface area contributed by atoms with Crippen molar-refractivity contribution >= 4 is 11.6 Å². The molecule has 2 heterocycles. The Balaban J connectivity index is 2.94. The highest BCUT2D eigenvalue weighted by molar-refractivity contribution is 5.47. The molecule has 2 rings (SSSR count). The van der Waals surface area contributed by atoms with Gasteiger partial charge in [-0.25, -0.2) is 14.2 Å². The summed E-state index contributed by atoms with van der Waals surface area (Å²) >= 11 is 0. The summed E-state index contributed by atoms with van der Waals surface area (Å²) in [6.07, 6.45) is 0. The molecule has 0 bridgehead atoms. The lowest BCUT2D eigenvalue weighted by Gasteiger charge is -2.02. The zero-order valence-corrected chi connectivity index (χ0v) is 8.90. The van der Waals surface area contributed by atoms with E-state index >= 15 is 0 Å². The van der Waals surface area contributed by atoms with Gasteiger partial charge in [-0.15, -0.1) is 0 Å². The predicted molar refractivity (Wildman–Crippen MR) is 56.8 cm³/mol. The number of aromatic amines is 1. The predicted octanol–water partition coefficient (Wildman–Crippen LogP) is 0.432. The van der Waals surface area contributed by atoms with Crippen molar-refractivity contribution in [1.29, 1.82) is 0 Å². The monoisotopic (exact) mass is 207 g/mol. The average molecular weight is 207 g/mol. The first kappa shape index (κ1) is 9.70. The van der Waals surface area contributed by atoms with Gasteiger partial charge in [0.25, 0.3) is 0 Å². The van der Waals surface area contributed by atoms with Crippen molar-refractivity contribution in [2.24, 2.45) is 0 Å². The first-order valence-corrected chi connectivity index (χ1v) is 4.75. The zero-order chi connectivity index (χ0) is 11.2. The van der Waals surface area contributed by atoms with Crippen LogP contribution in [0.15, 0.2) is 4.79 Å². The molecular weight excluding hydrogens is 194 g/mol. The van der Waals surface area contributed by atoms with Crippen molar-refractivity contribution in [3.8, 4) is 0 Å². The Hall–Kier alpha value is -1.85. The molecule has 0 amide bonds. The van der Waals surface area contributed by atoms with Crippen LogP contribution < -0.4 is 11.4 Å². The molecule has 0 atom stereocenters. The third kappa shape index (κ3) is 1.38. The van der Waals surface area contributed by atoms with Crippen LogP contribution in [0.4, 0.5) is 5.95 Å². The van der Waals surface area contributed by atoms with Gasteiger partial charge in [-0.05, 0) is 6.92 Å². The lowest BCUT2D eigenvalue weighted by atomic mass is 10.2. The Morgan fingerprint density at radius 3 is 2.67 bits per heavy atom. The highest BCUT2D eigenvalue weighted by atomic mass is 16.1. The molecule has 0 saturated carbocycles. The van der Waals surface area contributed by atoms with Crippen LogP contribution in [0.1, 0.15) is 31.3 Å². The maximum Gasteiger partial charge on any atom is 0.335 e. The Bertz CT molecular complexity index is 566. The summed E-state index contributed by atoms with van der Waals surface area (Å²) in [5.74, 6) is 0.986. The minimum Gasteiger partial charge on any atom is -0.369 e. The smallest absolute Gasteiger partial charge is 0.335 e. The van der Waals surface area contributed by atoms with Crippen molar-refractivity contribution in [3.05, 3.63) is 22.0 Å². The van der Waals surface area contributed by atoms with Crippen LogP contribution in [0.25, 0.3) is 5.65 Å². The van der Waals surface area contributed by atoms with Crippen LogP contribution >= 0.6 is 0 Å². The van der Waals surface area contributed by atoms with Crippen molar-refractivity contribution in [2.45, 2.75) is 26.7 Å². The van der Waals surface area contributed by atoms with Crippen LogP contribution in [-0.4, -0.2) is 19.4 Å². The number of anilines is 1. The highest BCUT2D eigenvalue weighted by Crippen LogP contribution is 2.15. The third-order valence-corrected chi connectivity index (χ3v) is 2.23. The lowest BCUT2D eigenvalue weighted by Crippen LogP contribution is -2.21. The molecule has 0 radical (unpaired) electrons. The number of nitrogen functional groups attached to an aromatic ring is 1. The molecule has 2 aromatic rings. The van der Waals surface area contributed by atoms with Gasteiger partial charge in [0, 0.05) is 5.92 Å². The Kier molecular flexibility index (Phi) is 1.99. The number of hydrogen-bond donors (Lipinski definition) is 2. The molecule has 6 heteroatoms. The minimum absolute atomic E-state index is 0.116. The van der Waals surface area contributed by atoms with E-state index in [0.29, 0.717) is 11.5 Å².